The minimum Gasteiger partial charge on any atom is -0.467 e. The number of esters is 1. The fourth-order valence-electron chi connectivity index (χ4n) is 4.18. The number of ether oxygens (including phenoxy) is 1. The molecule has 1 heterocycles. The Balaban J connectivity index is 1.61. The van der Waals surface area contributed by atoms with E-state index in [-0.39, 0.29) is 17.9 Å². The highest BCUT2D eigenvalue weighted by molar-refractivity contribution is 5.91. The number of likely N-dealkylation sites (tertiary alicyclic amines) is 1. The lowest BCUT2D eigenvalue weighted by atomic mass is 9.90. The fraction of sp³-hybridized carbons (Fsp3) is 0.417. The van der Waals surface area contributed by atoms with Gasteiger partial charge in [0.25, 0.3) is 0 Å². The standard InChI is InChI=1S/C24H28N2O3/c1-29-24(28)21-14-20(25-15-17-12-13-17)16-26(21)23(27)22(18-8-4-2-5-9-18)19-10-6-3-7-11-19/h2-11,17,20-22,25H,12-16H2,1H3. The molecule has 2 aromatic rings. The third-order valence-corrected chi connectivity index (χ3v) is 5.96. The highest BCUT2D eigenvalue weighted by Crippen LogP contribution is 2.32. The van der Waals surface area contributed by atoms with Crippen LogP contribution in [-0.2, 0) is 14.3 Å². The van der Waals surface area contributed by atoms with Crippen molar-refractivity contribution in [3.05, 3.63) is 71.8 Å². The predicted molar refractivity (Wildman–Crippen MR) is 111 cm³/mol. The van der Waals surface area contributed by atoms with Crippen LogP contribution in [-0.4, -0.2) is 49.1 Å². The van der Waals surface area contributed by atoms with Crippen LogP contribution in [0.2, 0.25) is 0 Å². The summed E-state index contributed by atoms with van der Waals surface area (Å²) in [4.78, 5) is 28.0. The van der Waals surface area contributed by atoms with Crippen molar-refractivity contribution in [1.82, 2.24) is 10.2 Å². The molecule has 29 heavy (non-hydrogen) atoms. The number of hydrogen-bond acceptors (Lipinski definition) is 4. The van der Waals surface area contributed by atoms with E-state index in [0.29, 0.717) is 13.0 Å². The summed E-state index contributed by atoms with van der Waals surface area (Å²) in [5, 5.41) is 3.55. The highest BCUT2D eigenvalue weighted by atomic mass is 16.5. The van der Waals surface area contributed by atoms with Crippen molar-refractivity contribution in [3.8, 4) is 0 Å². The maximum Gasteiger partial charge on any atom is 0.328 e. The zero-order valence-corrected chi connectivity index (χ0v) is 16.8. The Hall–Kier alpha value is -2.66. The molecule has 2 unspecified atom stereocenters. The van der Waals surface area contributed by atoms with E-state index in [1.165, 1.54) is 20.0 Å². The summed E-state index contributed by atoms with van der Waals surface area (Å²) in [5.74, 6) is -0.0769. The molecule has 2 aliphatic rings. The number of nitrogens with zero attached hydrogens (tertiary/aromatic N) is 1. The molecular formula is C24H28N2O3. The SMILES string of the molecule is COC(=O)C1CC(NCC2CC2)CN1C(=O)C(c1ccccc1)c1ccccc1. The van der Waals surface area contributed by atoms with Gasteiger partial charge in [-0.3, -0.25) is 4.79 Å². The predicted octanol–water partition coefficient (Wildman–Crippen LogP) is 2.96. The number of carbonyl (C=O) groups excluding carboxylic acids is 2. The van der Waals surface area contributed by atoms with Crippen LogP contribution in [0, 0.1) is 5.92 Å². The van der Waals surface area contributed by atoms with Gasteiger partial charge in [0.15, 0.2) is 0 Å². The summed E-state index contributed by atoms with van der Waals surface area (Å²) in [6, 6.07) is 19.1. The van der Waals surface area contributed by atoms with Gasteiger partial charge in [0.05, 0.1) is 13.0 Å². The first-order valence-corrected chi connectivity index (χ1v) is 10.4. The zero-order valence-electron chi connectivity index (χ0n) is 16.8. The van der Waals surface area contributed by atoms with Crippen LogP contribution in [0.4, 0.5) is 0 Å². The molecule has 0 radical (unpaired) electrons. The number of benzene rings is 2. The molecule has 2 aromatic carbocycles. The molecule has 152 valence electrons. The van der Waals surface area contributed by atoms with E-state index >= 15 is 0 Å². The van der Waals surface area contributed by atoms with Gasteiger partial charge in [-0.2, -0.15) is 0 Å². The van der Waals surface area contributed by atoms with Gasteiger partial charge in [0.1, 0.15) is 6.04 Å². The van der Waals surface area contributed by atoms with Crippen LogP contribution in [0.25, 0.3) is 0 Å². The van der Waals surface area contributed by atoms with Gasteiger partial charge < -0.3 is 15.0 Å². The Kier molecular flexibility index (Phi) is 5.95. The topological polar surface area (TPSA) is 58.6 Å². The molecule has 0 aromatic heterocycles. The molecule has 1 aliphatic carbocycles. The van der Waals surface area contributed by atoms with Crippen molar-refractivity contribution in [3.63, 3.8) is 0 Å². The van der Waals surface area contributed by atoms with Crippen LogP contribution in [0.3, 0.4) is 0 Å². The van der Waals surface area contributed by atoms with Crippen molar-refractivity contribution >= 4 is 11.9 Å². The molecule has 2 atom stereocenters. The van der Waals surface area contributed by atoms with Gasteiger partial charge in [0, 0.05) is 12.6 Å². The molecule has 1 saturated heterocycles. The van der Waals surface area contributed by atoms with Crippen LogP contribution in [0.5, 0.6) is 0 Å². The second kappa shape index (κ2) is 8.78. The molecular weight excluding hydrogens is 364 g/mol. The second-order valence-electron chi connectivity index (χ2n) is 8.07. The van der Waals surface area contributed by atoms with Crippen LogP contribution in [0.1, 0.15) is 36.3 Å². The minimum atomic E-state index is -0.542. The largest absolute Gasteiger partial charge is 0.467 e. The monoisotopic (exact) mass is 392 g/mol. The lowest BCUT2D eigenvalue weighted by molar-refractivity contribution is -0.151. The first-order valence-electron chi connectivity index (χ1n) is 10.4. The lowest BCUT2D eigenvalue weighted by Gasteiger charge is -2.28. The molecule has 4 rings (SSSR count). The van der Waals surface area contributed by atoms with Crippen molar-refractivity contribution in [2.75, 3.05) is 20.2 Å². The third-order valence-electron chi connectivity index (χ3n) is 5.96. The molecule has 1 saturated carbocycles. The van der Waals surface area contributed by atoms with Crippen molar-refractivity contribution in [1.29, 1.82) is 0 Å². The van der Waals surface area contributed by atoms with Gasteiger partial charge in [-0.25, -0.2) is 4.79 Å². The van der Waals surface area contributed by atoms with E-state index in [1.54, 1.807) is 4.90 Å². The van der Waals surface area contributed by atoms with E-state index in [2.05, 4.69) is 5.32 Å². The van der Waals surface area contributed by atoms with Gasteiger partial charge in [0.2, 0.25) is 5.91 Å². The quantitative estimate of drug-likeness (QED) is 0.736. The van der Waals surface area contributed by atoms with Gasteiger partial charge in [-0.15, -0.1) is 0 Å². The Morgan fingerprint density at radius 3 is 2.14 bits per heavy atom. The summed E-state index contributed by atoms with van der Waals surface area (Å²) < 4.78 is 5.03. The van der Waals surface area contributed by atoms with E-state index in [0.717, 1.165) is 23.6 Å². The average molecular weight is 392 g/mol. The highest BCUT2D eigenvalue weighted by Gasteiger charge is 2.43. The Labute approximate surface area is 172 Å². The van der Waals surface area contributed by atoms with Gasteiger partial charge in [-0.05, 0) is 42.9 Å². The summed E-state index contributed by atoms with van der Waals surface area (Å²) in [5.41, 5.74) is 1.86. The fourth-order valence-corrected chi connectivity index (χ4v) is 4.18. The molecule has 0 spiro atoms. The number of amides is 1. The number of rotatable bonds is 7. The molecule has 1 amide bonds. The zero-order chi connectivity index (χ0) is 20.2. The maximum atomic E-state index is 13.8. The molecule has 5 heteroatoms. The molecule has 2 fully saturated rings. The number of nitrogens with one attached hydrogen (secondary N) is 1. The van der Waals surface area contributed by atoms with E-state index in [1.807, 2.05) is 60.7 Å². The molecule has 0 bridgehead atoms. The molecule has 5 nitrogen and oxygen atoms in total. The van der Waals surface area contributed by atoms with Crippen molar-refractivity contribution in [2.45, 2.75) is 37.3 Å². The number of carbonyl (C=O) groups is 2. The van der Waals surface area contributed by atoms with Gasteiger partial charge >= 0.3 is 5.97 Å². The maximum absolute atomic E-state index is 13.8. The van der Waals surface area contributed by atoms with E-state index in [4.69, 9.17) is 4.74 Å². The van der Waals surface area contributed by atoms with Crippen LogP contribution >= 0.6 is 0 Å². The third kappa shape index (κ3) is 4.51. The Morgan fingerprint density at radius 2 is 1.62 bits per heavy atom. The average Bonchev–Trinajstić information content (AvgIpc) is 3.50. The molecule has 1 N–H and O–H groups in total. The first kappa shape index (κ1) is 19.6. The second-order valence-corrected chi connectivity index (χ2v) is 8.07. The summed E-state index contributed by atoms with van der Waals surface area (Å²) in [7, 11) is 1.39. The minimum absolute atomic E-state index is 0.0477. The van der Waals surface area contributed by atoms with E-state index < -0.39 is 12.0 Å². The van der Waals surface area contributed by atoms with Crippen LogP contribution < -0.4 is 5.32 Å². The lowest BCUT2D eigenvalue weighted by Crippen LogP contribution is -2.44. The van der Waals surface area contributed by atoms with Crippen LogP contribution in [0.15, 0.2) is 60.7 Å². The summed E-state index contributed by atoms with van der Waals surface area (Å²) in [6.07, 6.45) is 3.14. The molecule has 1 aliphatic heterocycles. The Morgan fingerprint density at radius 1 is 1.03 bits per heavy atom. The Bertz CT molecular complexity index is 796. The van der Waals surface area contributed by atoms with Gasteiger partial charge in [-0.1, -0.05) is 60.7 Å². The smallest absolute Gasteiger partial charge is 0.328 e. The number of hydrogen-bond donors (Lipinski definition) is 1. The summed E-state index contributed by atoms with van der Waals surface area (Å²) >= 11 is 0. The van der Waals surface area contributed by atoms with Crippen molar-refractivity contribution < 1.29 is 14.3 Å². The van der Waals surface area contributed by atoms with E-state index in [9.17, 15) is 9.59 Å². The first-order chi connectivity index (χ1) is 14.2. The van der Waals surface area contributed by atoms with Crippen molar-refractivity contribution in [2.24, 2.45) is 5.92 Å². The summed E-state index contributed by atoms with van der Waals surface area (Å²) in [6.45, 7) is 1.49. The normalized spacial score (nSPS) is 21.4. The number of methoxy groups -OCH3 is 1.